The molecule has 6 nitrogen and oxygen atoms in total. The van der Waals surface area contributed by atoms with Gasteiger partial charge in [0.1, 0.15) is 0 Å². The van der Waals surface area contributed by atoms with Gasteiger partial charge in [-0.15, -0.1) is 0 Å². The van der Waals surface area contributed by atoms with Crippen molar-refractivity contribution in [2.75, 3.05) is 19.6 Å². The lowest BCUT2D eigenvalue weighted by Gasteiger charge is -2.18. The number of amides is 1. The Morgan fingerprint density at radius 3 is 2.58 bits per heavy atom. The largest absolute Gasteiger partial charge is 0.355 e. The maximum atomic E-state index is 12.4. The standard InChI is InChI=1S/C12H17N3O3S/c13-8-10-2-4-11(5-3-10)19(17,18)15-7-1-6-14-12(16)9-15/h2-5H,1,6-9,13H2,(H,14,16). The average molecular weight is 283 g/mol. The van der Waals surface area contributed by atoms with E-state index in [4.69, 9.17) is 5.73 Å². The molecule has 104 valence electrons. The van der Waals surface area contributed by atoms with Crippen molar-refractivity contribution in [2.45, 2.75) is 17.9 Å². The van der Waals surface area contributed by atoms with Crippen molar-refractivity contribution >= 4 is 15.9 Å². The van der Waals surface area contributed by atoms with Gasteiger partial charge in [0.2, 0.25) is 15.9 Å². The number of nitrogens with one attached hydrogen (secondary N) is 1. The Labute approximate surface area is 112 Å². The van der Waals surface area contributed by atoms with Gasteiger partial charge in [0.05, 0.1) is 11.4 Å². The van der Waals surface area contributed by atoms with Crippen LogP contribution < -0.4 is 11.1 Å². The maximum absolute atomic E-state index is 12.4. The molecule has 1 saturated heterocycles. The van der Waals surface area contributed by atoms with Gasteiger partial charge in [-0.05, 0) is 24.1 Å². The van der Waals surface area contributed by atoms with Gasteiger partial charge in [0, 0.05) is 19.6 Å². The molecule has 0 radical (unpaired) electrons. The SMILES string of the molecule is NCc1ccc(S(=O)(=O)N2CCCNC(=O)C2)cc1. The molecule has 7 heteroatoms. The number of nitrogens with two attached hydrogens (primary N) is 1. The average Bonchev–Trinajstić information content (AvgIpc) is 2.64. The van der Waals surface area contributed by atoms with Crippen LogP contribution in [0.2, 0.25) is 0 Å². The predicted octanol–water partition coefficient (Wildman–Crippen LogP) is -0.344. The first-order valence-corrected chi connectivity index (χ1v) is 7.54. The number of rotatable bonds is 3. The molecule has 1 fully saturated rings. The molecule has 19 heavy (non-hydrogen) atoms. The lowest BCUT2D eigenvalue weighted by atomic mass is 10.2. The Balaban J connectivity index is 2.26. The minimum atomic E-state index is -3.61. The third-order valence-electron chi connectivity index (χ3n) is 3.02. The molecule has 0 bridgehead atoms. The van der Waals surface area contributed by atoms with E-state index >= 15 is 0 Å². The molecule has 0 saturated carbocycles. The van der Waals surface area contributed by atoms with Crippen LogP contribution in [0.5, 0.6) is 0 Å². The molecule has 1 aromatic carbocycles. The van der Waals surface area contributed by atoms with E-state index in [2.05, 4.69) is 5.32 Å². The molecule has 0 aliphatic carbocycles. The Bertz CT molecular complexity index is 554. The second kappa shape index (κ2) is 5.68. The van der Waals surface area contributed by atoms with E-state index in [-0.39, 0.29) is 17.3 Å². The van der Waals surface area contributed by atoms with Gasteiger partial charge in [-0.2, -0.15) is 4.31 Å². The molecule has 2 rings (SSSR count). The fourth-order valence-electron chi connectivity index (χ4n) is 1.93. The molecule has 0 unspecified atom stereocenters. The van der Waals surface area contributed by atoms with Crippen LogP contribution in [0.4, 0.5) is 0 Å². The van der Waals surface area contributed by atoms with Crippen LogP contribution in [-0.4, -0.2) is 38.3 Å². The first-order chi connectivity index (χ1) is 9.04. The smallest absolute Gasteiger partial charge is 0.243 e. The summed E-state index contributed by atoms with van der Waals surface area (Å²) in [5, 5.41) is 2.65. The van der Waals surface area contributed by atoms with Crippen LogP contribution in [0.3, 0.4) is 0 Å². The lowest BCUT2D eigenvalue weighted by molar-refractivity contribution is -0.120. The number of nitrogens with zero attached hydrogens (tertiary/aromatic N) is 1. The van der Waals surface area contributed by atoms with Crippen molar-refractivity contribution in [3.05, 3.63) is 29.8 Å². The van der Waals surface area contributed by atoms with Crippen molar-refractivity contribution in [2.24, 2.45) is 5.73 Å². The van der Waals surface area contributed by atoms with Gasteiger partial charge >= 0.3 is 0 Å². The molecule has 0 spiro atoms. The van der Waals surface area contributed by atoms with Crippen LogP contribution in [-0.2, 0) is 21.4 Å². The number of benzene rings is 1. The van der Waals surface area contributed by atoms with Gasteiger partial charge < -0.3 is 11.1 Å². The molecule has 0 atom stereocenters. The summed E-state index contributed by atoms with van der Waals surface area (Å²) in [6, 6.07) is 6.43. The van der Waals surface area contributed by atoms with Gasteiger partial charge in [-0.1, -0.05) is 12.1 Å². The van der Waals surface area contributed by atoms with Crippen LogP contribution in [0.1, 0.15) is 12.0 Å². The van der Waals surface area contributed by atoms with Crippen molar-refractivity contribution in [1.29, 1.82) is 0 Å². The minimum absolute atomic E-state index is 0.124. The van der Waals surface area contributed by atoms with Crippen LogP contribution in [0, 0.1) is 0 Å². The molecule has 1 heterocycles. The summed E-state index contributed by atoms with van der Waals surface area (Å²) in [5.41, 5.74) is 6.35. The number of hydrogen-bond acceptors (Lipinski definition) is 4. The zero-order valence-electron chi connectivity index (χ0n) is 10.5. The Morgan fingerprint density at radius 2 is 1.95 bits per heavy atom. The van der Waals surface area contributed by atoms with Crippen LogP contribution in [0.15, 0.2) is 29.2 Å². The molecule has 1 aliphatic heterocycles. The van der Waals surface area contributed by atoms with E-state index < -0.39 is 10.0 Å². The van der Waals surface area contributed by atoms with E-state index in [1.54, 1.807) is 12.1 Å². The zero-order valence-corrected chi connectivity index (χ0v) is 11.3. The van der Waals surface area contributed by atoms with Crippen LogP contribution >= 0.6 is 0 Å². The number of hydrogen-bond donors (Lipinski definition) is 2. The second-order valence-corrected chi connectivity index (χ2v) is 6.33. The van der Waals surface area contributed by atoms with Crippen molar-refractivity contribution in [3.63, 3.8) is 0 Å². The normalized spacial score (nSPS) is 17.8. The topological polar surface area (TPSA) is 92.5 Å². The minimum Gasteiger partial charge on any atom is -0.355 e. The number of carbonyl (C=O) groups is 1. The summed E-state index contributed by atoms with van der Waals surface area (Å²) >= 11 is 0. The summed E-state index contributed by atoms with van der Waals surface area (Å²) in [4.78, 5) is 11.6. The fourth-order valence-corrected chi connectivity index (χ4v) is 3.36. The summed E-state index contributed by atoms with van der Waals surface area (Å²) < 4.78 is 26.0. The van der Waals surface area contributed by atoms with Gasteiger partial charge in [-0.25, -0.2) is 8.42 Å². The Kier molecular flexibility index (Phi) is 4.18. The lowest BCUT2D eigenvalue weighted by Crippen LogP contribution is -2.37. The summed E-state index contributed by atoms with van der Waals surface area (Å²) in [7, 11) is -3.61. The highest BCUT2D eigenvalue weighted by atomic mass is 32.2. The first kappa shape index (κ1) is 14.0. The third-order valence-corrected chi connectivity index (χ3v) is 4.88. The van der Waals surface area contributed by atoms with Crippen LogP contribution in [0.25, 0.3) is 0 Å². The van der Waals surface area contributed by atoms with Crippen molar-refractivity contribution in [3.8, 4) is 0 Å². The molecule has 0 aromatic heterocycles. The number of sulfonamides is 1. The molecule has 1 aliphatic rings. The summed E-state index contributed by atoms with van der Waals surface area (Å²) in [5.74, 6) is -0.264. The summed E-state index contributed by atoms with van der Waals surface area (Å²) in [6.07, 6.45) is 0.617. The highest BCUT2D eigenvalue weighted by Crippen LogP contribution is 2.17. The van der Waals surface area contributed by atoms with Gasteiger partial charge in [-0.3, -0.25) is 4.79 Å². The highest BCUT2D eigenvalue weighted by molar-refractivity contribution is 7.89. The Hall–Kier alpha value is -1.44. The third kappa shape index (κ3) is 3.12. The van der Waals surface area contributed by atoms with E-state index in [0.717, 1.165) is 5.56 Å². The molecule has 1 amide bonds. The highest BCUT2D eigenvalue weighted by Gasteiger charge is 2.27. The zero-order chi connectivity index (χ0) is 13.9. The monoisotopic (exact) mass is 283 g/mol. The molecule has 1 aromatic rings. The fraction of sp³-hybridized carbons (Fsp3) is 0.417. The molecular weight excluding hydrogens is 266 g/mol. The molecular formula is C12H17N3O3S. The maximum Gasteiger partial charge on any atom is 0.243 e. The van der Waals surface area contributed by atoms with Crippen molar-refractivity contribution in [1.82, 2.24) is 9.62 Å². The van der Waals surface area contributed by atoms with E-state index in [1.807, 2.05) is 0 Å². The number of carbonyl (C=O) groups excluding carboxylic acids is 1. The first-order valence-electron chi connectivity index (χ1n) is 6.10. The summed E-state index contributed by atoms with van der Waals surface area (Å²) in [6.45, 7) is 1.10. The van der Waals surface area contributed by atoms with E-state index in [0.29, 0.717) is 26.1 Å². The van der Waals surface area contributed by atoms with E-state index in [1.165, 1.54) is 16.4 Å². The van der Waals surface area contributed by atoms with Gasteiger partial charge in [0.15, 0.2) is 0 Å². The predicted molar refractivity (Wildman–Crippen MR) is 70.7 cm³/mol. The second-order valence-electron chi connectivity index (χ2n) is 4.39. The van der Waals surface area contributed by atoms with E-state index in [9.17, 15) is 13.2 Å². The molecule has 3 N–H and O–H groups in total. The Morgan fingerprint density at radius 1 is 1.26 bits per heavy atom. The quantitative estimate of drug-likeness (QED) is 0.793. The van der Waals surface area contributed by atoms with Gasteiger partial charge in [0.25, 0.3) is 0 Å². The van der Waals surface area contributed by atoms with Crippen molar-refractivity contribution < 1.29 is 13.2 Å².